The van der Waals surface area contributed by atoms with Gasteiger partial charge in [-0.1, -0.05) is 6.07 Å². The average molecular weight is 219 g/mol. The van der Waals surface area contributed by atoms with Crippen LogP contribution in [0.4, 0.5) is 0 Å². The minimum absolute atomic E-state index is 0.374. The Morgan fingerprint density at radius 2 is 2.47 bits per heavy atom. The van der Waals surface area contributed by atoms with Crippen LogP contribution in [0.3, 0.4) is 0 Å². The lowest BCUT2D eigenvalue weighted by atomic mass is 10.4. The Labute approximate surface area is 92.9 Å². The fraction of sp³-hybridized carbons (Fsp3) is 0.364. The molecule has 1 N–H and O–H groups in total. The van der Waals surface area contributed by atoms with Crippen molar-refractivity contribution in [3.05, 3.63) is 36.3 Å². The zero-order valence-corrected chi connectivity index (χ0v) is 9.20. The van der Waals surface area contributed by atoms with Crippen LogP contribution in [0, 0.1) is 0 Å². The number of fused-ring (bicyclic) bond motifs is 1. The van der Waals surface area contributed by atoms with Gasteiger partial charge in [-0.2, -0.15) is 0 Å². The molecule has 3 rings (SSSR count). The minimum Gasteiger partial charge on any atom is -0.307 e. The Morgan fingerprint density at radius 1 is 1.47 bits per heavy atom. The Kier molecular flexibility index (Phi) is 2.38. The number of hydrogen-bond acceptors (Lipinski definition) is 3. The van der Waals surface area contributed by atoms with Gasteiger partial charge in [0.25, 0.3) is 0 Å². The van der Waals surface area contributed by atoms with Gasteiger partial charge in [0.2, 0.25) is 0 Å². The second-order valence-electron chi connectivity index (χ2n) is 3.69. The van der Waals surface area contributed by atoms with E-state index in [4.69, 9.17) is 0 Å². The van der Waals surface area contributed by atoms with Crippen molar-refractivity contribution in [2.75, 3.05) is 12.3 Å². The molecule has 0 aliphatic carbocycles. The van der Waals surface area contributed by atoms with Crippen LogP contribution in [0.25, 0.3) is 5.65 Å². The van der Waals surface area contributed by atoms with E-state index in [-0.39, 0.29) is 0 Å². The molecule has 0 spiro atoms. The van der Waals surface area contributed by atoms with Crippen LogP contribution in [0.5, 0.6) is 0 Å². The van der Waals surface area contributed by atoms with E-state index in [1.165, 1.54) is 12.2 Å². The molecule has 0 amide bonds. The summed E-state index contributed by atoms with van der Waals surface area (Å²) in [6.07, 6.45) is 5.42. The standard InChI is InChI=1S/C11H13N3S/c1-2-6-14-8-9(13-10(14)4-1)11-12-5-3-7-15-11/h1-2,4,6,8,11-12H,3,5,7H2. The minimum atomic E-state index is 0.374. The number of imidazole rings is 1. The fourth-order valence-electron chi connectivity index (χ4n) is 1.84. The number of aromatic nitrogens is 2. The van der Waals surface area contributed by atoms with E-state index in [2.05, 4.69) is 20.9 Å². The van der Waals surface area contributed by atoms with Gasteiger partial charge < -0.3 is 9.72 Å². The molecule has 3 nitrogen and oxygen atoms in total. The molecular formula is C11H13N3S. The van der Waals surface area contributed by atoms with Gasteiger partial charge in [-0.3, -0.25) is 0 Å². The smallest absolute Gasteiger partial charge is 0.137 e. The second kappa shape index (κ2) is 3.87. The van der Waals surface area contributed by atoms with Crippen molar-refractivity contribution in [2.24, 2.45) is 0 Å². The summed E-state index contributed by atoms with van der Waals surface area (Å²) in [7, 11) is 0. The lowest BCUT2D eigenvalue weighted by Crippen LogP contribution is -2.25. The third-order valence-corrected chi connectivity index (χ3v) is 3.85. The quantitative estimate of drug-likeness (QED) is 0.796. The SMILES string of the molecule is c1ccn2cc(C3NCCCS3)nc2c1. The lowest BCUT2D eigenvalue weighted by Gasteiger charge is -2.20. The van der Waals surface area contributed by atoms with Gasteiger partial charge in [-0.25, -0.2) is 4.98 Å². The Balaban J connectivity index is 1.96. The molecule has 2 aromatic heterocycles. The summed E-state index contributed by atoms with van der Waals surface area (Å²) in [6.45, 7) is 1.10. The highest BCUT2D eigenvalue weighted by Crippen LogP contribution is 2.28. The maximum atomic E-state index is 4.62. The van der Waals surface area contributed by atoms with Gasteiger partial charge in [0.1, 0.15) is 5.65 Å². The predicted molar refractivity (Wildman–Crippen MR) is 63.0 cm³/mol. The molecule has 0 saturated carbocycles. The van der Waals surface area contributed by atoms with Gasteiger partial charge >= 0.3 is 0 Å². The van der Waals surface area contributed by atoms with Gasteiger partial charge in [0.15, 0.2) is 0 Å². The number of pyridine rings is 1. The number of thioether (sulfide) groups is 1. The van der Waals surface area contributed by atoms with Crippen LogP contribution in [0.1, 0.15) is 17.5 Å². The molecule has 4 heteroatoms. The van der Waals surface area contributed by atoms with Crippen molar-refractivity contribution < 1.29 is 0 Å². The van der Waals surface area contributed by atoms with E-state index in [1.807, 2.05) is 36.2 Å². The Morgan fingerprint density at radius 3 is 3.27 bits per heavy atom. The summed E-state index contributed by atoms with van der Waals surface area (Å²) in [6, 6.07) is 6.09. The Bertz CT molecular complexity index is 427. The van der Waals surface area contributed by atoms with Crippen LogP contribution in [-0.4, -0.2) is 21.7 Å². The van der Waals surface area contributed by atoms with Crippen molar-refractivity contribution >= 4 is 17.4 Å². The molecule has 3 heterocycles. The third-order valence-electron chi connectivity index (χ3n) is 2.59. The van der Waals surface area contributed by atoms with E-state index in [0.717, 1.165) is 17.9 Å². The summed E-state index contributed by atoms with van der Waals surface area (Å²) in [5, 5.41) is 3.86. The molecule has 0 aromatic carbocycles. The van der Waals surface area contributed by atoms with Gasteiger partial charge in [-0.05, 0) is 30.9 Å². The zero-order chi connectivity index (χ0) is 10.1. The van der Waals surface area contributed by atoms with Crippen molar-refractivity contribution in [1.29, 1.82) is 0 Å². The van der Waals surface area contributed by atoms with Crippen LogP contribution in [0.2, 0.25) is 0 Å². The lowest BCUT2D eigenvalue weighted by molar-refractivity contribution is 0.634. The highest BCUT2D eigenvalue weighted by atomic mass is 32.2. The number of rotatable bonds is 1. The molecule has 1 aliphatic rings. The first-order valence-electron chi connectivity index (χ1n) is 5.22. The highest BCUT2D eigenvalue weighted by Gasteiger charge is 2.17. The first-order chi connectivity index (χ1) is 7.43. The monoisotopic (exact) mass is 219 g/mol. The molecule has 0 radical (unpaired) electrons. The molecule has 1 unspecified atom stereocenters. The first-order valence-corrected chi connectivity index (χ1v) is 6.27. The summed E-state index contributed by atoms with van der Waals surface area (Å²) < 4.78 is 2.08. The summed E-state index contributed by atoms with van der Waals surface area (Å²) in [5.41, 5.74) is 2.17. The molecular weight excluding hydrogens is 206 g/mol. The fourth-order valence-corrected chi connectivity index (χ4v) is 2.90. The van der Waals surface area contributed by atoms with Crippen molar-refractivity contribution in [3.8, 4) is 0 Å². The second-order valence-corrected chi connectivity index (χ2v) is 4.90. The molecule has 78 valence electrons. The van der Waals surface area contributed by atoms with Gasteiger partial charge in [0, 0.05) is 12.4 Å². The van der Waals surface area contributed by atoms with Crippen molar-refractivity contribution in [2.45, 2.75) is 11.8 Å². The molecule has 1 fully saturated rings. The number of nitrogens with one attached hydrogen (secondary N) is 1. The molecule has 1 atom stereocenters. The summed E-state index contributed by atoms with van der Waals surface area (Å²) in [4.78, 5) is 4.62. The Hall–Kier alpha value is -1.00. The third kappa shape index (κ3) is 1.75. The van der Waals surface area contributed by atoms with E-state index < -0.39 is 0 Å². The highest BCUT2D eigenvalue weighted by molar-refractivity contribution is 7.99. The summed E-state index contributed by atoms with van der Waals surface area (Å²) in [5.74, 6) is 1.23. The first kappa shape index (κ1) is 9.24. The molecule has 1 saturated heterocycles. The van der Waals surface area contributed by atoms with E-state index in [0.29, 0.717) is 5.37 Å². The van der Waals surface area contributed by atoms with Crippen LogP contribution in [-0.2, 0) is 0 Å². The largest absolute Gasteiger partial charge is 0.307 e. The van der Waals surface area contributed by atoms with Crippen LogP contribution >= 0.6 is 11.8 Å². The predicted octanol–water partition coefficient (Wildman–Crippen LogP) is 2.06. The average Bonchev–Trinajstić information content (AvgIpc) is 2.74. The van der Waals surface area contributed by atoms with Crippen molar-refractivity contribution in [3.63, 3.8) is 0 Å². The van der Waals surface area contributed by atoms with E-state index >= 15 is 0 Å². The molecule has 15 heavy (non-hydrogen) atoms. The molecule has 1 aliphatic heterocycles. The summed E-state index contributed by atoms with van der Waals surface area (Å²) >= 11 is 1.94. The van der Waals surface area contributed by atoms with Crippen LogP contribution < -0.4 is 5.32 Å². The maximum absolute atomic E-state index is 4.62. The molecule has 2 aromatic rings. The topological polar surface area (TPSA) is 29.3 Å². The van der Waals surface area contributed by atoms with Crippen molar-refractivity contribution in [1.82, 2.24) is 14.7 Å². The zero-order valence-electron chi connectivity index (χ0n) is 8.39. The number of hydrogen-bond donors (Lipinski definition) is 1. The van der Waals surface area contributed by atoms with E-state index in [9.17, 15) is 0 Å². The molecule has 0 bridgehead atoms. The van der Waals surface area contributed by atoms with Gasteiger partial charge in [0.05, 0.1) is 11.1 Å². The van der Waals surface area contributed by atoms with E-state index in [1.54, 1.807) is 0 Å². The normalized spacial score (nSPS) is 22.0. The maximum Gasteiger partial charge on any atom is 0.137 e. The van der Waals surface area contributed by atoms with Crippen LogP contribution in [0.15, 0.2) is 30.6 Å². The number of nitrogens with zero attached hydrogens (tertiary/aromatic N) is 2. The van der Waals surface area contributed by atoms with Gasteiger partial charge in [-0.15, -0.1) is 11.8 Å².